The molecular weight excluding hydrogens is 245 g/mol. The van der Waals surface area contributed by atoms with Gasteiger partial charge in [-0.3, -0.25) is 0 Å². The van der Waals surface area contributed by atoms with E-state index in [1.165, 1.54) is 12.1 Å². The molecule has 19 heavy (non-hydrogen) atoms. The maximum Gasteiger partial charge on any atom is 0.335 e. The van der Waals surface area contributed by atoms with Crippen molar-refractivity contribution in [2.75, 3.05) is 5.32 Å². The molecule has 98 valence electrons. The average Bonchev–Trinajstić information content (AvgIpc) is 2.40. The van der Waals surface area contributed by atoms with E-state index in [4.69, 9.17) is 5.11 Å². The zero-order valence-electron chi connectivity index (χ0n) is 10.5. The second-order valence-corrected chi connectivity index (χ2v) is 4.32. The van der Waals surface area contributed by atoms with Gasteiger partial charge in [-0.1, -0.05) is 18.2 Å². The van der Waals surface area contributed by atoms with Gasteiger partial charge >= 0.3 is 5.97 Å². The van der Waals surface area contributed by atoms with E-state index in [1.54, 1.807) is 24.3 Å². The smallest absolute Gasteiger partial charge is 0.335 e. The summed E-state index contributed by atoms with van der Waals surface area (Å²) in [6, 6.07) is 11.2. The van der Waals surface area contributed by atoms with E-state index in [9.17, 15) is 9.18 Å². The molecule has 0 aliphatic carbocycles. The van der Waals surface area contributed by atoms with Crippen molar-refractivity contribution in [3.63, 3.8) is 0 Å². The quantitative estimate of drug-likeness (QED) is 0.884. The van der Waals surface area contributed by atoms with Gasteiger partial charge in [-0.05, 0) is 42.3 Å². The molecule has 0 spiro atoms. The topological polar surface area (TPSA) is 49.3 Å². The van der Waals surface area contributed by atoms with Crippen LogP contribution in [0.4, 0.5) is 10.1 Å². The Hall–Kier alpha value is -2.36. The molecule has 0 aromatic heterocycles. The summed E-state index contributed by atoms with van der Waals surface area (Å²) >= 11 is 0. The summed E-state index contributed by atoms with van der Waals surface area (Å²) in [5, 5.41) is 12.0. The Morgan fingerprint density at radius 3 is 2.79 bits per heavy atom. The van der Waals surface area contributed by atoms with Crippen LogP contribution < -0.4 is 5.32 Å². The van der Waals surface area contributed by atoms with Crippen molar-refractivity contribution < 1.29 is 14.3 Å². The summed E-state index contributed by atoms with van der Waals surface area (Å²) in [5.41, 5.74) is 2.73. The summed E-state index contributed by atoms with van der Waals surface area (Å²) in [4.78, 5) is 10.9. The number of carboxylic acids is 1. The predicted octanol–water partition coefficient (Wildman–Crippen LogP) is 3.44. The molecule has 0 heterocycles. The Kier molecular flexibility index (Phi) is 3.80. The number of benzene rings is 2. The molecule has 2 rings (SSSR count). The molecule has 3 nitrogen and oxygen atoms in total. The normalized spacial score (nSPS) is 10.2. The van der Waals surface area contributed by atoms with Crippen LogP contribution in [0.5, 0.6) is 0 Å². The number of carbonyl (C=O) groups is 1. The standard InChI is InChI=1S/C15H14FNO2/c1-10-5-6-13(16)8-14(10)17-9-11-3-2-4-12(7-11)15(18)19/h2-8,17H,9H2,1H3,(H,18,19). The molecule has 0 bridgehead atoms. The Balaban J connectivity index is 2.12. The first-order valence-electron chi connectivity index (χ1n) is 5.88. The minimum atomic E-state index is -0.955. The maximum atomic E-state index is 13.1. The fourth-order valence-electron chi connectivity index (χ4n) is 1.80. The SMILES string of the molecule is Cc1ccc(F)cc1NCc1cccc(C(=O)O)c1. The lowest BCUT2D eigenvalue weighted by atomic mass is 10.1. The van der Waals surface area contributed by atoms with Gasteiger partial charge < -0.3 is 10.4 Å². The highest BCUT2D eigenvalue weighted by Crippen LogP contribution is 2.17. The van der Waals surface area contributed by atoms with Gasteiger partial charge in [-0.2, -0.15) is 0 Å². The van der Waals surface area contributed by atoms with Crippen LogP contribution in [0.3, 0.4) is 0 Å². The van der Waals surface area contributed by atoms with E-state index in [0.29, 0.717) is 12.2 Å². The largest absolute Gasteiger partial charge is 0.478 e. The second kappa shape index (κ2) is 5.52. The van der Waals surface area contributed by atoms with Crippen LogP contribution >= 0.6 is 0 Å². The summed E-state index contributed by atoms with van der Waals surface area (Å²) in [7, 11) is 0. The molecule has 0 fully saturated rings. The van der Waals surface area contributed by atoms with E-state index in [0.717, 1.165) is 11.1 Å². The van der Waals surface area contributed by atoms with Crippen molar-refractivity contribution in [3.05, 3.63) is 65.0 Å². The molecule has 0 saturated carbocycles. The Bertz CT molecular complexity index is 611. The molecule has 0 aliphatic rings. The van der Waals surface area contributed by atoms with Gasteiger partial charge in [0, 0.05) is 12.2 Å². The Labute approximate surface area is 110 Å². The highest BCUT2D eigenvalue weighted by Gasteiger charge is 2.04. The van der Waals surface area contributed by atoms with E-state index >= 15 is 0 Å². The van der Waals surface area contributed by atoms with Crippen molar-refractivity contribution in [3.8, 4) is 0 Å². The molecule has 2 aromatic rings. The number of rotatable bonds is 4. The molecule has 2 N–H and O–H groups in total. The predicted molar refractivity (Wildman–Crippen MR) is 71.9 cm³/mol. The molecule has 4 heteroatoms. The van der Waals surface area contributed by atoms with Crippen LogP contribution in [-0.2, 0) is 6.54 Å². The van der Waals surface area contributed by atoms with Crippen LogP contribution in [0.2, 0.25) is 0 Å². The Morgan fingerprint density at radius 2 is 2.05 bits per heavy atom. The van der Waals surface area contributed by atoms with Crippen LogP contribution in [0.25, 0.3) is 0 Å². The minimum Gasteiger partial charge on any atom is -0.478 e. The van der Waals surface area contributed by atoms with E-state index in [1.807, 2.05) is 13.0 Å². The van der Waals surface area contributed by atoms with E-state index in [-0.39, 0.29) is 11.4 Å². The molecule has 0 amide bonds. The van der Waals surface area contributed by atoms with Gasteiger partial charge in [0.05, 0.1) is 5.56 Å². The highest BCUT2D eigenvalue weighted by atomic mass is 19.1. The van der Waals surface area contributed by atoms with Gasteiger partial charge in [0.25, 0.3) is 0 Å². The van der Waals surface area contributed by atoms with Gasteiger partial charge in [-0.25, -0.2) is 9.18 Å². The molecule has 0 saturated heterocycles. The molecule has 0 atom stereocenters. The first-order chi connectivity index (χ1) is 9.06. The first kappa shape index (κ1) is 13.1. The van der Waals surface area contributed by atoms with Crippen molar-refractivity contribution in [2.24, 2.45) is 0 Å². The average molecular weight is 259 g/mol. The van der Waals surface area contributed by atoms with Gasteiger partial charge in [0.1, 0.15) is 5.82 Å². The van der Waals surface area contributed by atoms with Crippen LogP contribution in [-0.4, -0.2) is 11.1 Å². The fourth-order valence-corrected chi connectivity index (χ4v) is 1.80. The fraction of sp³-hybridized carbons (Fsp3) is 0.133. The number of hydrogen-bond acceptors (Lipinski definition) is 2. The van der Waals surface area contributed by atoms with Crippen molar-refractivity contribution >= 4 is 11.7 Å². The number of anilines is 1. The number of aromatic carboxylic acids is 1. The molecule has 0 unspecified atom stereocenters. The lowest BCUT2D eigenvalue weighted by molar-refractivity contribution is 0.0697. The summed E-state index contributed by atoms with van der Waals surface area (Å²) in [6.45, 7) is 2.33. The third kappa shape index (κ3) is 3.31. The van der Waals surface area contributed by atoms with Crippen molar-refractivity contribution in [2.45, 2.75) is 13.5 Å². The van der Waals surface area contributed by atoms with Crippen LogP contribution in [0, 0.1) is 12.7 Å². The summed E-state index contributed by atoms with van der Waals surface area (Å²) in [6.07, 6.45) is 0. The monoisotopic (exact) mass is 259 g/mol. The van der Waals surface area contributed by atoms with Gasteiger partial charge in [0.2, 0.25) is 0 Å². The van der Waals surface area contributed by atoms with E-state index < -0.39 is 5.97 Å². The minimum absolute atomic E-state index is 0.246. The van der Waals surface area contributed by atoms with Crippen LogP contribution in [0.15, 0.2) is 42.5 Å². The molecule has 2 aromatic carbocycles. The third-order valence-electron chi connectivity index (χ3n) is 2.86. The van der Waals surface area contributed by atoms with Crippen molar-refractivity contribution in [1.29, 1.82) is 0 Å². The number of nitrogens with one attached hydrogen (secondary N) is 1. The van der Waals surface area contributed by atoms with E-state index in [2.05, 4.69) is 5.32 Å². The number of halogens is 1. The lowest BCUT2D eigenvalue weighted by Gasteiger charge is -2.10. The van der Waals surface area contributed by atoms with Gasteiger partial charge in [0.15, 0.2) is 0 Å². The molecular formula is C15H14FNO2. The van der Waals surface area contributed by atoms with Crippen LogP contribution in [0.1, 0.15) is 21.5 Å². The lowest BCUT2D eigenvalue weighted by Crippen LogP contribution is -2.03. The first-order valence-corrected chi connectivity index (χ1v) is 5.88. The zero-order valence-corrected chi connectivity index (χ0v) is 10.5. The van der Waals surface area contributed by atoms with Gasteiger partial charge in [-0.15, -0.1) is 0 Å². The maximum absolute atomic E-state index is 13.1. The highest BCUT2D eigenvalue weighted by molar-refractivity contribution is 5.87. The molecule has 0 radical (unpaired) electrons. The summed E-state index contributed by atoms with van der Waals surface area (Å²) < 4.78 is 13.1. The number of hydrogen-bond donors (Lipinski definition) is 2. The third-order valence-corrected chi connectivity index (χ3v) is 2.86. The second-order valence-electron chi connectivity index (χ2n) is 4.32. The zero-order chi connectivity index (χ0) is 13.8. The number of aryl methyl sites for hydroxylation is 1. The Morgan fingerprint density at radius 1 is 1.26 bits per heavy atom. The van der Waals surface area contributed by atoms with Crippen molar-refractivity contribution in [1.82, 2.24) is 0 Å². The molecule has 0 aliphatic heterocycles. The number of carboxylic acid groups (broad SMARTS) is 1. The summed E-state index contributed by atoms with van der Waals surface area (Å²) in [5.74, 6) is -1.25.